The molecular formula is C24H20N2O2. The number of aryl methyl sites for hydroxylation is 2. The van der Waals surface area contributed by atoms with E-state index in [1.807, 2.05) is 62.4 Å². The van der Waals surface area contributed by atoms with Crippen LogP contribution in [-0.4, -0.2) is 11.6 Å². The Balaban J connectivity index is 1.80. The van der Waals surface area contributed by atoms with Crippen LogP contribution in [0.5, 0.6) is 0 Å². The summed E-state index contributed by atoms with van der Waals surface area (Å²) in [7, 11) is 0. The Kier molecular flexibility index (Phi) is 4.53. The van der Waals surface area contributed by atoms with Crippen molar-refractivity contribution in [3.8, 4) is 0 Å². The van der Waals surface area contributed by atoms with Crippen LogP contribution in [0, 0.1) is 13.8 Å². The van der Waals surface area contributed by atoms with Gasteiger partial charge in [0.2, 0.25) is 11.6 Å². The van der Waals surface area contributed by atoms with Gasteiger partial charge in [-0.2, -0.15) is 0 Å². The highest BCUT2D eigenvalue weighted by molar-refractivity contribution is 6.28. The lowest BCUT2D eigenvalue weighted by Gasteiger charge is -2.23. The van der Waals surface area contributed by atoms with Crippen molar-refractivity contribution in [2.24, 2.45) is 0 Å². The molecule has 4 rings (SSSR count). The molecule has 0 saturated carbocycles. The van der Waals surface area contributed by atoms with E-state index in [-0.39, 0.29) is 23.0 Å². The fourth-order valence-electron chi connectivity index (χ4n) is 3.18. The zero-order valence-electron chi connectivity index (χ0n) is 15.7. The maximum atomic E-state index is 13.2. The first-order valence-electron chi connectivity index (χ1n) is 9.13. The molecule has 138 valence electrons. The minimum Gasteiger partial charge on any atom is -0.350 e. The normalized spacial score (nSPS) is 13.4. The van der Waals surface area contributed by atoms with E-state index in [0.29, 0.717) is 11.1 Å². The van der Waals surface area contributed by atoms with Gasteiger partial charge in [0, 0.05) is 22.5 Å². The van der Waals surface area contributed by atoms with Crippen molar-refractivity contribution in [2.45, 2.75) is 13.8 Å². The Morgan fingerprint density at radius 3 is 1.25 bits per heavy atom. The molecule has 1 aliphatic carbocycles. The molecule has 0 bridgehead atoms. The lowest BCUT2D eigenvalue weighted by molar-refractivity contribution is 0.0977. The van der Waals surface area contributed by atoms with Crippen LogP contribution in [0.2, 0.25) is 0 Å². The van der Waals surface area contributed by atoms with Crippen LogP contribution >= 0.6 is 0 Å². The predicted octanol–water partition coefficient (Wildman–Crippen LogP) is 5.12. The van der Waals surface area contributed by atoms with Crippen molar-refractivity contribution in [1.82, 2.24) is 0 Å². The van der Waals surface area contributed by atoms with Gasteiger partial charge in [0.05, 0.1) is 0 Å². The lowest BCUT2D eigenvalue weighted by Crippen LogP contribution is -2.29. The van der Waals surface area contributed by atoms with Crippen LogP contribution in [-0.2, 0) is 0 Å². The van der Waals surface area contributed by atoms with E-state index in [4.69, 9.17) is 0 Å². The number of carbonyl (C=O) groups excluding carboxylic acids is 2. The van der Waals surface area contributed by atoms with Crippen molar-refractivity contribution >= 4 is 22.9 Å². The van der Waals surface area contributed by atoms with Gasteiger partial charge < -0.3 is 10.6 Å². The second-order valence-corrected chi connectivity index (χ2v) is 6.94. The minimum absolute atomic E-state index is 0.203. The first kappa shape index (κ1) is 17.7. The number of anilines is 2. The third-order valence-corrected chi connectivity index (χ3v) is 4.76. The fraction of sp³-hybridized carbons (Fsp3) is 0.0833. The highest BCUT2D eigenvalue weighted by Crippen LogP contribution is 2.28. The molecule has 28 heavy (non-hydrogen) atoms. The molecule has 0 atom stereocenters. The number of benzene rings is 3. The molecule has 3 aromatic carbocycles. The summed E-state index contributed by atoms with van der Waals surface area (Å²) in [4.78, 5) is 26.4. The molecule has 0 radical (unpaired) electrons. The van der Waals surface area contributed by atoms with Crippen LogP contribution in [0.4, 0.5) is 11.4 Å². The van der Waals surface area contributed by atoms with Crippen molar-refractivity contribution in [3.63, 3.8) is 0 Å². The van der Waals surface area contributed by atoms with Crippen LogP contribution < -0.4 is 10.6 Å². The molecule has 1 aliphatic rings. The van der Waals surface area contributed by atoms with Gasteiger partial charge in [-0.15, -0.1) is 0 Å². The zero-order chi connectivity index (χ0) is 19.7. The molecule has 2 N–H and O–H groups in total. The van der Waals surface area contributed by atoms with Gasteiger partial charge in [-0.05, 0) is 38.1 Å². The summed E-state index contributed by atoms with van der Waals surface area (Å²) in [6.07, 6.45) is 0. The minimum atomic E-state index is -0.203. The number of carbonyl (C=O) groups is 2. The van der Waals surface area contributed by atoms with Gasteiger partial charge in [0.15, 0.2) is 0 Å². The van der Waals surface area contributed by atoms with Crippen LogP contribution in [0.3, 0.4) is 0 Å². The molecule has 0 spiro atoms. The molecule has 0 amide bonds. The molecule has 3 aromatic rings. The Labute approximate surface area is 163 Å². The number of allylic oxidation sites excluding steroid dienone is 2. The maximum Gasteiger partial charge on any atom is 0.212 e. The second-order valence-electron chi connectivity index (χ2n) is 6.94. The second kappa shape index (κ2) is 7.16. The van der Waals surface area contributed by atoms with Crippen LogP contribution in [0.15, 0.2) is 84.2 Å². The number of Topliss-reactive ketones (excluding diaryl/α,β-unsaturated/α-hetero) is 2. The summed E-state index contributed by atoms with van der Waals surface area (Å²) in [5.41, 5.74) is 5.09. The molecule has 0 aromatic heterocycles. The average molecular weight is 368 g/mol. The average Bonchev–Trinajstić information content (AvgIpc) is 2.71. The number of nitrogens with one attached hydrogen (secondary N) is 2. The van der Waals surface area contributed by atoms with E-state index in [1.54, 1.807) is 24.3 Å². The van der Waals surface area contributed by atoms with E-state index in [0.717, 1.165) is 22.5 Å². The molecule has 0 heterocycles. The van der Waals surface area contributed by atoms with Gasteiger partial charge in [0.25, 0.3) is 0 Å². The summed E-state index contributed by atoms with van der Waals surface area (Å²) in [6, 6.07) is 22.3. The quantitative estimate of drug-likeness (QED) is 0.671. The Morgan fingerprint density at radius 1 is 0.536 bits per heavy atom. The summed E-state index contributed by atoms with van der Waals surface area (Å²) >= 11 is 0. The van der Waals surface area contributed by atoms with Crippen molar-refractivity contribution in [1.29, 1.82) is 0 Å². The van der Waals surface area contributed by atoms with Gasteiger partial charge in [-0.25, -0.2) is 0 Å². The number of hydrogen-bond acceptors (Lipinski definition) is 4. The molecule has 0 aliphatic heterocycles. The highest BCUT2D eigenvalue weighted by atomic mass is 16.1. The van der Waals surface area contributed by atoms with E-state index in [2.05, 4.69) is 10.6 Å². The lowest BCUT2D eigenvalue weighted by atomic mass is 9.90. The highest BCUT2D eigenvalue weighted by Gasteiger charge is 2.32. The molecule has 4 heteroatoms. The largest absolute Gasteiger partial charge is 0.350 e. The topological polar surface area (TPSA) is 58.2 Å². The van der Waals surface area contributed by atoms with Crippen molar-refractivity contribution in [3.05, 3.63) is 106 Å². The van der Waals surface area contributed by atoms with Crippen LogP contribution in [0.1, 0.15) is 31.8 Å². The SMILES string of the molecule is Cc1ccc(NC2=C(Nc3ccc(C)cc3)C(=O)c3ccccc3C2=O)cc1. The smallest absolute Gasteiger partial charge is 0.212 e. The summed E-state index contributed by atoms with van der Waals surface area (Å²) in [6.45, 7) is 4.00. The van der Waals surface area contributed by atoms with Gasteiger partial charge in [-0.3, -0.25) is 9.59 Å². The zero-order valence-corrected chi connectivity index (χ0v) is 15.7. The van der Waals surface area contributed by atoms with E-state index in [9.17, 15) is 9.59 Å². The monoisotopic (exact) mass is 368 g/mol. The Morgan fingerprint density at radius 2 is 0.893 bits per heavy atom. The third kappa shape index (κ3) is 3.32. The first-order valence-corrected chi connectivity index (χ1v) is 9.13. The maximum absolute atomic E-state index is 13.2. The van der Waals surface area contributed by atoms with E-state index >= 15 is 0 Å². The molecule has 0 saturated heterocycles. The molecular weight excluding hydrogens is 348 g/mol. The van der Waals surface area contributed by atoms with E-state index < -0.39 is 0 Å². The predicted molar refractivity (Wildman–Crippen MR) is 112 cm³/mol. The van der Waals surface area contributed by atoms with Crippen LogP contribution in [0.25, 0.3) is 0 Å². The van der Waals surface area contributed by atoms with E-state index in [1.165, 1.54) is 0 Å². The van der Waals surface area contributed by atoms with Gasteiger partial charge in [-0.1, -0.05) is 59.7 Å². The number of fused-ring (bicyclic) bond motifs is 1. The Bertz CT molecular complexity index is 1010. The molecule has 4 nitrogen and oxygen atoms in total. The summed E-state index contributed by atoms with van der Waals surface area (Å²) in [5, 5.41) is 6.32. The van der Waals surface area contributed by atoms with Gasteiger partial charge >= 0.3 is 0 Å². The number of rotatable bonds is 4. The first-order chi connectivity index (χ1) is 13.5. The van der Waals surface area contributed by atoms with Crippen molar-refractivity contribution < 1.29 is 9.59 Å². The number of hydrogen-bond donors (Lipinski definition) is 2. The summed E-state index contributed by atoms with van der Waals surface area (Å²) < 4.78 is 0. The van der Waals surface area contributed by atoms with Gasteiger partial charge in [0.1, 0.15) is 11.4 Å². The van der Waals surface area contributed by atoms with Crippen molar-refractivity contribution in [2.75, 3.05) is 10.6 Å². The Hall–Kier alpha value is -3.66. The molecule has 0 fully saturated rings. The fourth-order valence-corrected chi connectivity index (χ4v) is 3.18. The number of ketones is 2. The third-order valence-electron chi connectivity index (χ3n) is 4.76. The standard InChI is InChI=1S/C24H20N2O2/c1-15-7-11-17(12-8-15)25-21-22(26-18-13-9-16(2)10-14-18)24(28)20-6-4-3-5-19(20)23(21)27/h3-14,25-26H,1-2H3. The summed E-state index contributed by atoms with van der Waals surface area (Å²) in [5.74, 6) is -0.407. The molecule has 0 unspecified atom stereocenters.